The molecule has 0 saturated heterocycles. The summed E-state index contributed by atoms with van der Waals surface area (Å²) in [4.78, 5) is 10.9. The van der Waals surface area contributed by atoms with Crippen molar-refractivity contribution in [1.82, 2.24) is 10.6 Å². The molecule has 0 bridgehead atoms. The van der Waals surface area contributed by atoms with Crippen molar-refractivity contribution in [2.24, 2.45) is 0 Å². The Kier molecular flexibility index (Phi) is 4.72. The molecule has 1 rings (SSSR count). The highest BCUT2D eigenvalue weighted by molar-refractivity contribution is 5.75. The van der Waals surface area contributed by atoms with E-state index in [1.54, 1.807) is 13.1 Å². The van der Waals surface area contributed by atoms with Gasteiger partial charge >= 0.3 is 0 Å². The summed E-state index contributed by atoms with van der Waals surface area (Å²) in [7, 11) is 1.58. The molecule has 88 valence electrons. The Labute approximate surface area is 93.5 Å². The van der Waals surface area contributed by atoms with Crippen LogP contribution in [0.15, 0.2) is 18.2 Å². The molecule has 0 aliphatic carbocycles. The molecule has 16 heavy (non-hydrogen) atoms. The molecule has 5 heteroatoms. The molecular formula is C11H15FN2O2. The van der Waals surface area contributed by atoms with Gasteiger partial charge in [-0.1, -0.05) is 6.07 Å². The topological polar surface area (TPSA) is 61.4 Å². The zero-order chi connectivity index (χ0) is 12.0. The van der Waals surface area contributed by atoms with E-state index in [-0.39, 0.29) is 11.7 Å². The van der Waals surface area contributed by atoms with E-state index in [0.29, 0.717) is 19.5 Å². The predicted octanol–water partition coefficient (Wildman–Crippen LogP) is 0.757. The van der Waals surface area contributed by atoms with Crippen LogP contribution in [0.5, 0.6) is 5.75 Å². The summed E-state index contributed by atoms with van der Waals surface area (Å²) >= 11 is 0. The number of nitrogens with one attached hydrogen (secondary N) is 2. The molecule has 0 spiro atoms. The van der Waals surface area contributed by atoms with Gasteiger partial charge < -0.3 is 15.7 Å². The van der Waals surface area contributed by atoms with Crippen LogP contribution in [-0.4, -0.2) is 24.6 Å². The maximum absolute atomic E-state index is 12.9. The molecule has 0 aliphatic heterocycles. The third kappa shape index (κ3) is 3.86. The molecular weight excluding hydrogens is 211 g/mol. The number of aromatic hydroxyl groups is 1. The van der Waals surface area contributed by atoms with Crippen molar-refractivity contribution in [3.8, 4) is 5.75 Å². The van der Waals surface area contributed by atoms with E-state index in [1.165, 1.54) is 12.1 Å². The largest absolute Gasteiger partial charge is 0.505 e. The van der Waals surface area contributed by atoms with Crippen molar-refractivity contribution in [2.75, 3.05) is 13.6 Å². The molecule has 0 atom stereocenters. The van der Waals surface area contributed by atoms with Gasteiger partial charge in [-0.25, -0.2) is 4.39 Å². The van der Waals surface area contributed by atoms with Gasteiger partial charge in [-0.15, -0.1) is 0 Å². The van der Waals surface area contributed by atoms with E-state index >= 15 is 0 Å². The lowest BCUT2D eigenvalue weighted by Gasteiger charge is -2.05. The van der Waals surface area contributed by atoms with Crippen LogP contribution in [0.2, 0.25) is 0 Å². The first-order valence-corrected chi connectivity index (χ1v) is 5.02. The van der Waals surface area contributed by atoms with Crippen molar-refractivity contribution in [1.29, 1.82) is 0 Å². The van der Waals surface area contributed by atoms with Crippen molar-refractivity contribution in [3.63, 3.8) is 0 Å². The highest BCUT2D eigenvalue weighted by Gasteiger charge is 2.01. The number of hydrogen-bond donors (Lipinski definition) is 3. The average Bonchev–Trinajstić information content (AvgIpc) is 2.28. The number of amides is 1. The van der Waals surface area contributed by atoms with Crippen molar-refractivity contribution < 1.29 is 14.3 Å². The minimum atomic E-state index is -0.634. The van der Waals surface area contributed by atoms with Gasteiger partial charge in [-0.05, 0) is 17.7 Å². The minimum absolute atomic E-state index is 0.0376. The zero-order valence-corrected chi connectivity index (χ0v) is 9.09. The molecule has 1 aromatic rings. The van der Waals surface area contributed by atoms with Crippen LogP contribution < -0.4 is 10.6 Å². The van der Waals surface area contributed by atoms with Crippen LogP contribution in [0.25, 0.3) is 0 Å². The van der Waals surface area contributed by atoms with Gasteiger partial charge in [0.2, 0.25) is 5.91 Å². The van der Waals surface area contributed by atoms with Gasteiger partial charge in [0.25, 0.3) is 0 Å². The molecule has 0 aliphatic rings. The van der Waals surface area contributed by atoms with Crippen molar-refractivity contribution in [2.45, 2.75) is 13.0 Å². The summed E-state index contributed by atoms with van der Waals surface area (Å²) < 4.78 is 12.9. The van der Waals surface area contributed by atoms with Crippen LogP contribution in [0, 0.1) is 5.82 Å². The number of carbonyl (C=O) groups excluding carboxylic acids is 1. The predicted molar refractivity (Wildman–Crippen MR) is 58.5 cm³/mol. The Morgan fingerprint density at radius 1 is 1.50 bits per heavy atom. The van der Waals surface area contributed by atoms with Crippen LogP contribution in [0.1, 0.15) is 12.0 Å². The first-order chi connectivity index (χ1) is 7.63. The number of halogens is 1. The fourth-order valence-corrected chi connectivity index (χ4v) is 1.22. The number of hydrogen-bond acceptors (Lipinski definition) is 3. The maximum atomic E-state index is 12.9. The fourth-order valence-electron chi connectivity index (χ4n) is 1.22. The first kappa shape index (κ1) is 12.4. The van der Waals surface area contributed by atoms with E-state index in [9.17, 15) is 9.18 Å². The lowest BCUT2D eigenvalue weighted by molar-refractivity contribution is -0.120. The van der Waals surface area contributed by atoms with Gasteiger partial charge in [-0.2, -0.15) is 0 Å². The first-order valence-electron chi connectivity index (χ1n) is 5.02. The van der Waals surface area contributed by atoms with Gasteiger partial charge in [0, 0.05) is 26.6 Å². The second-order valence-electron chi connectivity index (χ2n) is 3.39. The van der Waals surface area contributed by atoms with E-state index in [4.69, 9.17) is 5.11 Å². The molecule has 0 unspecified atom stereocenters. The highest BCUT2D eigenvalue weighted by atomic mass is 19.1. The zero-order valence-electron chi connectivity index (χ0n) is 9.09. The maximum Gasteiger partial charge on any atom is 0.221 e. The summed E-state index contributed by atoms with van der Waals surface area (Å²) in [6.45, 7) is 0.996. The van der Waals surface area contributed by atoms with Gasteiger partial charge in [0.05, 0.1) is 0 Å². The standard InChI is InChI=1S/C11H15FN2O2/c1-13-11(16)4-5-14-7-8-2-3-10(15)9(12)6-8/h2-3,6,14-15H,4-5,7H2,1H3,(H,13,16). The van der Waals surface area contributed by atoms with Crippen LogP contribution in [0.4, 0.5) is 4.39 Å². The Hall–Kier alpha value is -1.62. The molecule has 0 fully saturated rings. The van der Waals surface area contributed by atoms with E-state index in [2.05, 4.69) is 10.6 Å². The number of benzene rings is 1. The summed E-state index contributed by atoms with van der Waals surface area (Å²) in [5, 5.41) is 14.5. The average molecular weight is 226 g/mol. The van der Waals surface area contributed by atoms with E-state index < -0.39 is 5.82 Å². The molecule has 0 saturated carbocycles. The van der Waals surface area contributed by atoms with E-state index in [1.807, 2.05) is 0 Å². The number of rotatable bonds is 5. The SMILES string of the molecule is CNC(=O)CCNCc1ccc(O)c(F)c1. The van der Waals surface area contributed by atoms with Crippen molar-refractivity contribution >= 4 is 5.91 Å². The Bertz CT molecular complexity index is 369. The molecule has 0 aromatic heterocycles. The monoisotopic (exact) mass is 226 g/mol. The second kappa shape index (κ2) is 6.07. The number of phenolic OH excluding ortho intramolecular Hbond substituents is 1. The normalized spacial score (nSPS) is 10.1. The summed E-state index contributed by atoms with van der Waals surface area (Å²) in [5.74, 6) is -1.02. The molecule has 3 N–H and O–H groups in total. The Morgan fingerprint density at radius 3 is 2.88 bits per heavy atom. The summed E-state index contributed by atoms with van der Waals surface area (Å²) in [6, 6.07) is 4.21. The lowest BCUT2D eigenvalue weighted by atomic mass is 10.2. The third-order valence-electron chi connectivity index (χ3n) is 2.15. The Balaban J connectivity index is 2.32. The van der Waals surface area contributed by atoms with E-state index in [0.717, 1.165) is 5.56 Å². The molecule has 1 amide bonds. The van der Waals surface area contributed by atoms with Crippen LogP contribution in [-0.2, 0) is 11.3 Å². The summed E-state index contributed by atoms with van der Waals surface area (Å²) in [6.07, 6.45) is 0.386. The second-order valence-corrected chi connectivity index (χ2v) is 3.39. The van der Waals surface area contributed by atoms with Crippen LogP contribution >= 0.6 is 0 Å². The number of phenols is 1. The smallest absolute Gasteiger partial charge is 0.221 e. The van der Waals surface area contributed by atoms with Crippen molar-refractivity contribution in [3.05, 3.63) is 29.6 Å². The molecule has 0 heterocycles. The molecule has 0 radical (unpaired) electrons. The molecule has 4 nitrogen and oxygen atoms in total. The minimum Gasteiger partial charge on any atom is -0.505 e. The Morgan fingerprint density at radius 2 is 2.25 bits per heavy atom. The van der Waals surface area contributed by atoms with Crippen LogP contribution in [0.3, 0.4) is 0 Å². The highest BCUT2D eigenvalue weighted by Crippen LogP contribution is 2.15. The van der Waals surface area contributed by atoms with Gasteiger partial charge in [0.15, 0.2) is 11.6 Å². The lowest BCUT2D eigenvalue weighted by Crippen LogP contribution is -2.24. The van der Waals surface area contributed by atoms with Gasteiger partial charge in [0.1, 0.15) is 0 Å². The van der Waals surface area contributed by atoms with Gasteiger partial charge in [-0.3, -0.25) is 4.79 Å². The molecule has 1 aromatic carbocycles. The summed E-state index contributed by atoms with van der Waals surface area (Å²) in [5.41, 5.74) is 0.729. The third-order valence-corrected chi connectivity index (χ3v) is 2.15. The quantitative estimate of drug-likeness (QED) is 0.649. The fraction of sp³-hybridized carbons (Fsp3) is 0.364. The number of carbonyl (C=O) groups is 1.